The van der Waals surface area contributed by atoms with E-state index >= 15 is 0 Å². The van der Waals surface area contributed by atoms with Gasteiger partial charge in [-0.1, -0.05) is 12.1 Å². The van der Waals surface area contributed by atoms with Gasteiger partial charge in [-0.05, 0) is 43.3 Å². The predicted molar refractivity (Wildman–Crippen MR) is 65.8 cm³/mol. The molecule has 0 saturated heterocycles. The van der Waals surface area contributed by atoms with E-state index in [0.717, 1.165) is 21.8 Å². The van der Waals surface area contributed by atoms with Crippen LogP contribution in [0.15, 0.2) is 34.3 Å². The molecule has 88 valence electrons. The number of hydrogen-bond donors (Lipinski definition) is 1. The molecule has 0 atom stereocenters. The number of aliphatic hydroxyl groups excluding tert-OH is 1. The zero-order chi connectivity index (χ0) is 12.3. The second-order valence-electron chi connectivity index (χ2n) is 3.67. The van der Waals surface area contributed by atoms with Crippen LogP contribution in [0.5, 0.6) is 0 Å². The Labute approximate surface area is 104 Å². The second-order valence-corrected chi connectivity index (χ2v) is 4.71. The van der Waals surface area contributed by atoms with Crippen molar-refractivity contribution >= 4 is 11.8 Å². The predicted octanol–water partition coefficient (Wildman–Crippen LogP) is 2.13. The summed E-state index contributed by atoms with van der Waals surface area (Å²) >= 11 is 1.46. The molecule has 0 spiro atoms. The topological polar surface area (TPSA) is 58.9 Å². The summed E-state index contributed by atoms with van der Waals surface area (Å²) in [4.78, 5) is 5.39. The Morgan fingerprint density at radius 2 is 1.76 bits per heavy atom. The van der Waals surface area contributed by atoms with E-state index in [1.807, 2.05) is 38.1 Å². The molecule has 0 aliphatic rings. The fourth-order valence-corrected chi connectivity index (χ4v) is 2.00. The molecular weight excluding hydrogens is 234 g/mol. The summed E-state index contributed by atoms with van der Waals surface area (Å²) in [5.41, 5.74) is 2.65. The Kier molecular flexibility index (Phi) is 3.71. The SMILES string of the molecule is Cc1nnc(Sc2ccc(CO)cc2)nc1C. The maximum atomic E-state index is 8.94. The van der Waals surface area contributed by atoms with Crippen molar-refractivity contribution in [1.29, 1.82) is 0 Å². The van der Waals surface area contributed by atoms with Crippen molar-refractivity contribution in [3.05, 3.63) is 41.2 Å². The van der Waals surface area contributed by atoms with Crippen molar-refractivity contribution in [2.24, 2.45) is 0 Å². The van der Waals surface area contributed by atoms with Gasteiger partial charge in [0.2, 0.25) is 5.16 Å². The highest BCUT2D eigenvalue weighted by Crippen LogP contribution is 2.24. The minimum atomic E-state index is 0.0621. The molecule has 0 radical (unpaired) electrons. The van der Waals surface area contributed by atoms with Gasteiger partial charge in [0, 0.05) is 4.90 Å². The lowest BCUT2D eigenvalue weighted by molar-refractivity contribution is 0.282. The molecule has 2 aromatic rings. The maximum absolute atomic E-state index is 8.94. The number of hydrogen-bond acceptors (Lipinski definition) is 5. The summed E-state index contributed by atoms with van der Waals surface area (Å²) < 4.78 is 0. The highest BCUT2D eigenvalue weighted by molar-refractivity contribution is 7.99. The van der Waals surface area contributed by atoms with Crippen LogP contribution in [-0.2, 0) is 6.61 Å². The van der Waals surface area contributed by atoms with Crippen LogP contribution in [0.2, 0.25) is 0 Å². The van der Waals surface area contributed by atoms with Gasteiger partial charge < -0.3 is 5.11 Å². The second kappa shape index (κ2) is 5.25. The molecule has 0 aliphatic heterocycles. The van der Waals surface area contributed by atoms with Crippen LogP contribution < -0.4 is 0 Å². The fraction of sp³-hybridized carbons (Fsp3) is 0.250. The van der Waals surface area contributed by atoms with E-state index in [1.54, 1.807) is 0 Å². The highest BCUT2D eigenvalue weighted by atomic mass is 32.2. The van der Waals surface area contributed by atoms with Gasteiger partial charge in [0.15, 0.2) is 0 Å². The summed E-state index contributed by atoms with van der Waals surface area (Å²) in [6, 6.07) is 7.65. The Hall–Kier alpha value is -1.46. The van der Waals surface area contributed by atoms with Crippen LogP contribution in [0.25, 0.3) is 0 Å². The average Bonchev–Trinajstić information content (AvgIpc) is 2.35. The molecule has 4 nitrogen and oxygen atoms in total. The Bertz CT molecular complexity index is 514. The van der Waals surface area contributed by atoms with E-state index in [0.29, 0.717) is 5.16 Å². The van der Waals surface area contributed by atoms with Crippen molar-refractivity contribution < 1.29 is 5.11 Å². The van der Waals surface area contributed by atoms with Crippen LogP contribution in [0, 0.1) is 13.8 Å². The molecule has 0 bridgehead atoms. The molecule has 17 heavy (non-hydrogen) atoms. The first kappa shape index (κ1) is 12.0. The maximum Gasteiger partial charge on any atom is 0.214 e. The normalized spacial score (nSPS) is 10.5. The van der Waals surface area contributed by atoms with Crippen LogP contribution in [0.3, 0.4) is 0 Å². The van der Waals surface area contributed by atoms with Crippen molar-refractivity contribution in [1.82, 2.24) is 15.2 Å². The van der Waals surface area contributed by atoms with Crippen molar-refractivity contribution in [2.75, 3.05) is 0 Å². The molecule has 1 heterocycles. The highest BCUT2D eigenvalue weighted by Gasteiger charge is 2.03. The lowest BCUT2D eigenvalue weighted by Gasteiger charge is -2.02. The lowest BCUT2D eigenvalue weighted by atomic mass is 10.2. The number of benzene rings is 1. The van der Waals surface area contributed by atoms with Gasteiger partial charge in [0.25, 0.3) is 0 Å². The van der Waals surface area contributed by atoms with E-state index in [2.05, 4.69) is 15.2 Å². The van der Waals surface area contributed by atoms with Crippen LogP contribution in [0.4, 0.5) is 0 Å². The van der Waals surface area contributed by atoms with E-state index in [4.69, 9.17) is 5.11 Å². The van der Waals surface area contributed by atoms with Gasteiger partial charge in [-0.3, -0.25) is 0 Å². The molecule has 0 aliphatic carbocycles. The number of rotatable bonds is 3. The van der Waals surface area contributed by atoms with Crippen molar-refractivity contribution in [2.45, 2.75) is 30.5 Å². The molecule has 0 saturated carbocycles. The molecule has 0 amide bonds. The number of aromatic nitrogens is 3. The molecule has 1 N–H and O–H groups in total. The third kappa shape index (κ3) is 3.01. The van der Waals surface area contributed by atoms with Crippen LogP contribution in [0.1, 0.15) is 17.0 Å². The van der Waals surface area contributed by atoms with Crippen molar-refractivity contribution in [3.63, 3.8) is 0 Å². The van der Waals surface area contributed by atoms with E-state index in [9.17, 15) is 0 Å². The first-order valence-corrected chi connectivity index (χ1v) is 6.06. The summed E-state index contributed by atoms with van der Waals surface area (Å²) in [6.45, 7) is 3.87. The minimum absolute atomic E-state index is 0.0621. The molecule has 1 aromatic heterocycles. The van der Waals surface area contributed by atoms with Gasteiger partial charge in [-0.15, -0.1) is 5.10 Å². The lowest BCUT2D eigenvalue weighted by Crippen LogP contribution is -1.97. The molecule has 0 fully saturated rings. The Morgan fingerprint density at radius 3 is 2.35 bits per heavy atom. The quantitative estimate of drug-likeness (QED) is 0.900. The van der Waals surface area contributed by atoms with Gasteiger partial charge in [0.1, 0.15) is 0 Å². The first-order chi connectivity index (χ1) is 8.19. The molecule has 5 heteroatoms. The zero-order valence-corrected chi connectivity index (χ0v) is 10.5. The average molecular weight is 247 g/mol. The van der Waals surface area contributed by atoms with E-state index in [-0.39, 0.29) is 6.61 Å². The van der Waals surface area contributed by atoms with E-state index < -0.39 is 0 Å². The van der Waals surface area contributed by atoms with Crippen molar-refractivity contribution in [3.8, 4) is 0 Å². The third-order valence-corrected chi connectivity index (χ3v) is 3.25. The monoisotopic (exact) mass is 247 g/mol. The van der Waals surface area contributed by atoms with Crippen LogP contribution in [-0.4, -0.2) is 20.3 Å². The van der Waals surface area contributed by atoms with Gasteiger partial charge in [-0.2, -0.15) is 5.10 Å². The number of nitrogens with zero attached hydrogens (tertiary/aromatic N) is 3. The van der Waals surface area contributed by atoms with Gasteiger partial charge >= 0.3 is 0 Å². The molecule has 1 aromatic carbocycles. The first-order valence-electron chi connectivity index (χ1n) is 5.24. The Morgan fingerprint density at radius 1 is 1.06 bits per heavy atom. The summed E-state index contributed by atoms with van der Waals surface area (Å²) in [7, 11) is 0. The molecule has 2 rings (SSSR count). The smallest absolute Gasteiger partial charge is 0.214 e. The zero-order valence-electron chi connectivity index (χ0n) is 9.71. The van der Waals surface area contributed by atoms with Gasteiger partial charge in [0.05, 0.1) is 18.0 Å². The fourth-order valence-electron chi connectivity index (χ4n) is 1.25. The molecular formula is C12H13N3OS. The van der Waals surface area contributed by atoms with E-state index in [1.165, 1.54) is 11.8 Å². The number of aryl methyl sites for hydroxylation is 2. The Balaban J connectivity index is 2.16. The summed E-state index contributed by atoms with van der Waals surface area (Å²) in [5.74, 6) is 0. The van der Waals surface area contributed by atoms with Gasteiger partial charge in [-0.25, -0.2) is 4.98 Å². The largest absolute Gasteiger partial charge is 0.392 e. The third-order valence-electron chi connectivity index (χ3n) is 2.39. The van der Waals surface area contributed by atoms with Crippen LogP contribution >= 0.6 is 11.8 Å². The number of aliphatic hydroxyl groups is 1. The standard InChI is InChI=1S/C12H13N3OS/c1-8-9(2)14-15-12(13-8)17-11-5-3-10(7-16)4-6-11/h3-6,16H,7H2,1-2H3. The summed E-state index contributed by atoms with van der Waals surface area (Å²) in [6.07, 6.45) is 0. The minimum Gasteiger partial charge on any atom is -0.392 e. The molecule has 0 unspecified atom stereocenters. The summed E-state index contributed by atoms with van der Waals surface area (Å²) in [5, 5.41) is 17.7.